The molecular weight excluding hydrogens is 330 g/mol. The minimum atomic E-state index is -0.979. The Labute approximate surface area is 136 Å². The lowest BCUT2D eigenvalue weighted by Gasteiger charge is -2.32. The SMILES string of the molecule is O=C(O)C1CCN(C(=O)C2C[C@H](ON(O)O)[C@H](ON(O)O)C2)CC1. The molecule has 1 saturated heterocycles. The molecule has 24 heavy (non-hydrogen) atoms. The average molecular weight is 351 g/mol. The van der Waals surface area contributed by atoms with Gasteiger partial charge in [0.15, 0.2) is 0 Å². The summed E-state index contributed by atoms with van der Waals surface area (Å²) in [5.74, 6) is -2.15. The van der Waals surface area contributed by atoms with Crippen LogP contribution in [0.1, 0.15) is 25.7 Å². The standard InChI is InChI=1S/C12H21N3O9/c16-11(13-3-1-7(2-4-13)12(17)18)8-5-9(23-14(19)20)10(6-8)24-15(21)22/h7-10,19-22H,1-6H2,(H,17,18)/t8?,9-,10+. The van der Waals surface area contributed by atoms with E-state index in [1.807, 2.05) is 0 Å². The first-order chi connectivity index (χ1) is 11.3. The monoisotopic (exact) mass is 351 g/mol. The number of carbonyl (C=O) groups is 2. The summed E-state index contributed by atoms with van der Waals surface area (Å²) in [5.41, 5.74) is 0. The Kier molecular flexibility index (Phi) is 6.42. The van der Waals surface area contributed by atoms with Gasteiger partial charge in [-0.25, -0.2) is 9.68 Å². The number of hydrogen-bond donors (Lipinski definition) is 5. The van der Waals surface area contributed by atoms with Crippen LogP contribution in [0.15, 0.2) is 0 Å². The molecule has 5 N–H and O–H groups in total. The zero-order valence-electron chi connectivity index (χ0n) is 12.8. The van der Waals surface area contributed by atoms with Gasteiger partial charge in [-0.3, -0.25) is 30.4 Å². The molecule has 1 aliphatic heterocycles. The number of carboxylic acid groups (broad SMARTS) is 1. The molecule has 0 radical (unpaired) electrons. The summed E-state index contributed by atoms with van der Waals surface area (Å²) in [6.07, 6.45) is -1.06. The molecule has 2 fully saturated rings. The van der Waals surface area contributed by atoms with Gasteiger partial charge in [0, 0.05) is 19.0 Å². The van der Waals surface area contributed by atoms with E-state index in [2.05, 4.69) is 9.68 Å². The van der Waals surface area contributed by atoms with Crippen molar-refractivity contribution in [2.75, 3.05) is 13.1 Å². The maximum atomic E-state index is 12.5. The number of amides is 1. The largest absolute Gasteiger partial charge is 0.481 e. The van der Waals surface area contributed by atoms with Crippen LogP contribution in [0, 0.1) is 11.8 Å². The fourth-order valence-corrected chi connectivity index (χ4v) is 3.23. The van der Waals surface area contributed by atoms with Crippen LogP contribution in [-0.4, -0.2) is 78.8 Å². The predicted octanol–water partition coefficient (Wildman–Crippen LogP) is -0.519. The van der Waals surface area contributed by atoms with Gasteiger partial charge in [-0.1, -0.05) is 0 Å². The van der Waals surface area contributed by atoms with Gasteiger partial charge in [-0.05, 0) is 25.7 Å². The molecule has 12 nitrogen and oxygen atoms in total. The first-order valence-electron chi connectivity index (χ1n) is 7.48. The molecule has 1 heterocycles. The molecule has 2 aliphatic rings. The topological polar surface area (TPSA) is 163 Å². The van der Waals surface area contributed by atoms with Crippen molar-refractivity contribution >= 4 is 11.9 Å². The molecule has 0 aromatic heterocycles. The van der Waals surface area contributed by atoms with Crippen LogP contribution in [0.3, 0.4) is 0 Å². The summed E-state index contributed by atoms with van der Waals surface area (Å²) in [6, 6.07) is 0. The Morgan fingerprint density at radius 1 is 0.875 bits per heavy atom. The van der Waals surface area contributed by atoms with Crippen molar-refractivity contribution in [1.29, 1.82) is 0 Å². The molecule has 1 saturated carbocycles. The van der Waals surface area contributed by atoms with Gasteiger partial charge in [0.05, 0.1) is 16.7 Å². The van der Waals surface area contributed by atoms with Crippen molar-refractivity contribution in [2.45, 2.75) is 37.9 Å². The van der Waals surface area contributed by atoms with Crippen molar-refractivity contribution in [3.63, 3.8) is 0 Å². The summed E-state index contributed by atoms with van der Waals surface area (Å²) in [4.78, 5) is 34.3. The zero-order valence-corrected chi connectivity index (χ0v) is 12.8. The number of likely N-dealkylation sites (tertiary alicyclic amines) is 1. The fraction of sp³-hybridized carbons (Fsp3) is 0.833. The van der Waals surface area contributed by atoms with Crippen molar-refractivity contribution in [3.05, 3.63) is 0 Å². The summed E-state index contributed by atoms with van der Waals surface area (Å²) in [7, 11) is 0. The molecule has 2 rings (SSSR count). The summed E-state index contributed by atoms with van der Waals surface area (Å²) in [5, 5.41) is 42.9. The summed E-state index contributed by atoms with van der Waals surface area (Å²) < 4.78 is 0. The van der Waals surface area contributed by atoms with Crippen LogP contribution in [0.2, 0.25) is 0 Å². The van der Waals surface area contributed by atoms with Crippen molar-refractivity contribution in [2.24, 2.45) is 11.8 Å². The highest BCUT2D eigenvalue weighted by atomic mass is 17.1. The number of aliphatic carboxylic acids is 1. The number of carboxylic acids is 1. The van der Waals surface area contributed by atoms with E-state index in [4.69, 9.17) is 25.9 Å². The van der Waals surface area contributed by atoms with Gasteiger partial charge in [0.2, 0.25) is 5.91 Å². The van der Waals surface area contributed by atoms with E-state index in [1.165, 1.54) is 0 Å². The van der Waals surface area contributed by atoms with E-state index in [9.17, 15) is 9.59 Å². The highest BCUT2D eigenvalue weighted by Crippen LogP contribution is 2.33. The normalized spacial score (nSPS) is 28.8. The fourth-order valence-electron chi connectivity index (χ4n) is 3.23. The van der Waals surface area contributed by atoms with Crippen LogP contribution < -0.4 is 0 Å². The second-order valence-electron chi connectivity index (χ2n) is 5.90. The Balaban J connectivity index is 1.93. The number of hydrogen-bond acceptors (Lipinski definition) is 10. The second-order valence-corrected chi connectivity index (χ2v) is 5.90. The first kappa shape index (κ1) is 19.0. The molecule has 1 aliphatic carbocycles. The van der Waals surface area contributed by atoms with Crippen molar-refractivity contribution < 1.29 is 45.2 Å². The Morgan fingerprint density at radius 2 is 1.33 bits per heavy atom. The lowest BCUT2D eigenvalue weighted by Crippen LogP contribution is -2.42. The van der Waals surface area contributed by atoms with Gasteiger partial charge in [0.1, 0.15) is 12.2 Å². The first-order valence-corrected chi connectivity index (χ1v) is 7.48. The van der Waals surface area contributed by atoms with Gasteiger partial charge in [-0.15, -0.1) is 0 Å². The van der Waals surface area contributed by atoms with Crippen molar-refractivity contribution in [1.82, 2.24) is 15.7 Å². The minimum Gasteiger partial charge on any atom is -0.481 e. The molecule has 0 aromatic carbocycles. The van der Waals surface area contributed by atoms with E-state index < -0.39 is 40.8 Å². The molecule has 3 atom stereocenters. The van der Waals surface area contributed by atoms with Gasteiger partial charge >= 0.3 is 5.97 Å². The van der Waals surface area contributed by atoms with Crippen LogP contribution in [0.4, 0.5) is 0 Å². The van der Waals surface area contributed by atoms with Gasteiger partial charge in [-0.2, -0.15) is 0 Å². The summed E-state index contributed by atoms with van der Waals surface area (Å²) in [6.45, 7) is 0.642. The molecular formula is C12H21N3O9. The average Bonchev–Trinajstić information content (AvgIpc) is 2.88. The third-order valence-corrected chi connectivity index (χ3v) is 4.41. The summed E-state index contributed by atoms with van der Waals surface area (Å²) >= 11 is 0. The van der Waals surface area contributed by atoms with E-state index in [0.29, 0.717) is 25.9 Å². The maximum absolute atomic E-state index is 12.5. The predicted molar refractivity (Wildman–Crippen MR) is 70.2 cm³/mol. The van der Waals surface area contributed by atoms with E-state index in [-0.39, 0.29) is 18.7 Å². The Hall–Kier alpha value is -1.38. The van der Waals surface area contributed by atoms with Crippen LogP contribution in [-0.2, 0) is 19.3 Å². The molecule has 0 bridgehead atoms. The third kappa shape index (κ3) is 4.81. The molecule has 1 amide bonds. The minimum absolute atomic E-state index is 0.0772. The Morgan fingerprint density at radius 3 is 1.71 bits per heavy atom. The van der Waals surface area contributed by atoms with Crippen molar-refractivity contribution in [3.8, 4) is 0 Å². The zero-order chi connectivity index (χ0) is 17.9. The molecule has 12 heteroatoms. The van der Waals surface area contributed by atoms with E-state index in [0.717, 1.165) is 0 Å². The third-order valence-electron chi connectivity index (χ3n) is 4.41. The molecule has 0 spiro atoms. The highest BCUT2D eigenvalue weighted by molar-refractivity contribution is 5.80. The number of piperidine rings is 1. The molecule has 138 valence electrons. The van der Waals surface area contributed by atoms with Crippen LogP contribution in [0.25, 0.3) is 0 Å². The highest BCUT2D eigenvalue weighted by Gasteiger charge is 2.44. The van der Waals surface area contributed by atoms with Crippen LogP contribution in [0.5, 0.6) is 0 Å². The number of carbonyl (C=O) groups excluding carboxylic acids is 1. The smallest absolute Gasteiger partial charge is 0.306 e. The molecule has 0 aromatic rings. The quantitative estimate of drug-likeness (QED) is 0.391. The van der Waals surface area contributed by atoms with E-state index >= 15 is 0 Å². The second kappa shape index (κ2) is 8.13. The Bertz CT molecular complexity index is 435. The molecule has 1 unspecified atom stereocenters. The van der Waals surface area contributed by atoms with Crippen LogP contribution >= 0.6 is 0 Å². The maximum Gasteiger partial charge on any atom is 0.306 e. The number of rotatable bonds is 6. The lowest BCUT2D eigenvalue weighted by molar-refractivity contribution is -0.535. The van der Waals surface area contributed by atoms with E-state index in [1.54, 1.807) is 4.90 Å². The number of nitrogens with zero attached hydrogens (tertiary/aromatic N) is 3. The van der Waals surface area contributed by atoms with Gasteiger partial charge < -0.3 is 10.0 Å². The lowest BCUT2D eigenvalue weighted by atomic mass is 9.95. The van der Waals surface area contributed by atoms with Gasteiger partial charge in [0.25, 0.3) is 0 Å².